The lowest BCUT2D eigenvalue weighted by Crippen LogP contribution is -2.40. The summed E-state index contributed by atoms with van der Waals surface area (Å²) in [5.41, 5.74) is 3.64. The van der Waals surface area contributed by atoms with Gasteiger partial charge in [0, 0.05) is 0 Å². The molecule has 0 radical (unpaired) electrons. The van der Waals surface area contributed by atoms with Crippen molar-refractivity contribution >= 4 is 6.09 Å². The second-order valence-corrected chi connectivity index (χ2v) is 9.08. The Morgan fingerprint density at radius 1 is 1.00 bits per heavy atom. The minimum atomic E-state index is -0.566. The zero-order valence-corrected chi connectivity index (χ0v) is 19.7. The maximum Gasteiger partial charge on any atom is 0.408 e. The van der Waals surface area contributed by atoms with Crippen molar-refractivity contribution in [3.8, 4) is 0 Å². The molecule has 29 heavy (non-hydrogen) atoms. The highest BCUT2D eigenvalue weighted by Gasteiger charge is 2.20. The Morgan fingerprint density at radius 2 is 1.52 bits per heavy atom. The topological polar surface area (TPSA) is 58.6 Å². The number of unbranched alkanes of at least 4 members (excludes halogenated alkanes) is 1. The van der Waals surface area contributed by atoms with Crippen molar-refractivity contribution in [2.75, 3.05) is 0 Å². The third kappa shape index (κ3) is 16.7. The van der Waals surface area contributed by atoms with E-state index >= 15 is 0 Å². The monoisotopic (exact) mass is 405 g/mol. The normalized spacial score (nSPS) is 13.6. The molecule has 0 heterocycles. The lowest BCUT2D eigenvalue weighted by Gasteiger charge is -2.23. The van der Waals surface area contributed by atoms with Gasteiger partial charge in [0.2, 0.25) is 0 Å². The molecule has 0 saturated carbocycles. The van der Waals surface area contributed by atoms with E-state index in [9.17, 15) is 9.90 Å². The predicted octanol–water partition coefficient (Wildman–Crippen LogP) is 7.54. The van der Waals surface area contributed by atoms with Crippen LogP contribution in [0.25, 0.3) is 0 Å². The van der Waals surface area contributed by atoms with Crippen LogP contribution in [0.5, 0.6) is 0 Å². The fraction of sp³-hybridized carbons (Fsp3) is 0.640. The second-order valence-electron chi connectivity index (χ2n) is 9.08. The number of hydrogen-bond donors (Lipinski definition) is 2. The Kier molecular flexibility index (Phi) is 13.1. The molecule has 0 aromatic heterocycles. The molecule has 0 bridgehead atoms. The number of ether oxygens (including phenoxy) is 1. The summed E-state index contributed by atoms with van der Waals surface area (Å²) in [6.45, 7) is 17.6. The van der Waals surface area contributed by atoms with Gasteiger partial charge in [0.15, 0.2) is 0 Å². The highest BCUT2D eigenvalue weighted by atomic mass is 16.6. The van der Waals surface area contributed by atoms with E-state index in [-0.39, 0.29) is 5.76 Å². The molecule has 0 aromatic carbocycles. The van der Waals surface area contributed by atoms with E-state index in [1.54, 1.807) is 0 Å². The van der Waals surface area contributed by atoms with E-state index in [1.807, 2.05) is 20.8 Å². The van der Waals surface area contributed by atoms with E-state index in [4.69, 9.17) is 4.74 Å². The van der Waals surface area contributed by atoms with Gasteiger partial charge < -0.3 is 15.2 Å². The Bertz CT molecular complexity index is 602. The fourth-order valence-electron chi connectivity index (χ4n) is 2.78. The molecule has 4 heteroatoms. The number of aliphatic hydroxyl groups excluding tert-OH is 1. The quantitative estimate of drug-likeness (QED) is 0.200. The summed E-state index contributed by atoms with van der Waals surface area (Å²) in [7, 11) is 0. The molecule has 0 spiro atoms. The Hall–Kier alpha value is -1.97. The molecule has 0 rings (SSSR count). The maximum absolute atomic E-state index is 11.9. The average Bonchev–Trinajstić information content (AvgIpc) is 2.55. The molecule has 166 valence electrons. The standard InChI is InChI=1S/C25H43NO3/c1-19(2)13-11-15-21(4)17-12-16-20(3)14-9-10-18-23(22(5)27)26-24(28)29-25(6,7)8/h13-14,17,23,27H,5,9-12,15-16,18H2,1-4,6-8H3,(H,26,28)/b20-14+,21-17+. The summed E-state index contributed by atoms with van der Waals surface area (Å²) in [5.74, 6) is -0.0368. The van der Waals surface area contributed by atoms with Gasteiger partial charge in [-0.3, -0.25) is 0 Å². The van der Waals surface area contributed by atoms with E-state index < -0.39 is 17.7 Å². The Morgan fingerprint density at radius 3 is 2.00 bits per heavy atom. The van der Waals surface area contributed by atoms with Gasteiger partial charge in [-0.2, -0.15) is 0 Å². The Balaban J connectivity index is 4.25. The third-order valence-corrected chi connectivity index (χ3v) is 4.41. The highest BCUT2D eigenvalue weighted by molar-refractivity contribution is 5.68. The molecule has 0 saturated heterocycles. The first kappa shape index (κ1) is 27.0. The molecule has 0 aliphatic rings. The van der Waals surface area contributed by atoms with Crippen LogP contribution in [0.3, 0.4) is 0 Å². The van der Waals surface area contributed by atoms with Gasteiger partial charge in [-0.25, -0.2) is 4.79 Å². The van der Waals surface area contributed by atoms with Crippen LogP contribution < -0.4 is 5.32 Å². The van der Waals surface area contributed by atoms with Crippen molar-refractivity contribution in [3.63, 3.8) is 0 Å². The molecular formula is C25H43NO3. The number of rotatable bonds is 12. The van der Waals surface area contributed by atoms with Gasteiger partial charge >= 0.3 is 6.09 Å². The number of amides is 1. The van der Waals surface area contributed by atoms with Gasteiger partial charge in [-0.05, 0) is 93.4 Å². The highest BCUT2D eigenvalue weighted by Crippen LogP contribution is 2.14. The molecule has 1 amide bonds. The number of allylic oxidation sites excluding steroid dienone is 6. The van der Waals surface area contributed by atoms with Gasteiger partial charge in [-0.15, -0.1) is 0 Å². The first-order chi connectivity index (χ1) is 13.4. The summed E-state index contributed by atoms with van der Waals surface area (Å²) in [6.07, 6.45) is 13.1. The lowest BCUT2D eigenvalue weighted by atomic mass is 10.0. The van der Waals surface area contributed by atoms with E-state index in [2.05, 4.69) is 57.8 Å². The van der Waals surface area contributed by atoms with E-state index in [0.717, 1.165) is 38.5 Å². The lowest BCUT2D eigenvalue weighted by molar-refractivity contribution is 0.0498. The van der Waals surface area contributed by atoms with Crippen molar-refractivity contribution in [1.82, 2.24) is 5.32 Å². The van der Waals surface area contributed by atoms with Crippen molar-refractivity contribution in [1.29, 1.82) is 0 Å². The van der Waals surface area contributed by atoms with Crippen LogP contribution in [0, 0.1) is 0 Å². The van der Waals surface area contributed by atoms with Crippen LogP contribution in [-0.2, 0) is 4.74 Å². The summed E-state index contributed by atoms with van der Waals surface area (Å²) in [4.78, 5) is 11.9. The van der Waals surface area contributed by atoms with Crippen LogP contribution in [0.2, 0.25) is 0 Å². The van der Waals surface area contributed by atoms with E-state index in [0.29, 0.717) is 6.42 Å². The molecule has 2 N–H and O–H groups in total. The first-order valence-corrected chi connectivity index (χ1v) is 10.7. The number of aliphatic hydroxyl groups is 1. The average molecular weight is 406 g/mol. The molecule has 0 aliphatic heterocycles. The minimum Gasteiger partial charge on any atom is -0.511 e. The van der Waals surface area contributed by atoms with Crippen molar-refractivity contribution < 1.29 is 14.6 Å². The predicted molar refractivity (Wildman–Crippen MR) is 124 cm³/mol. The van der Waals surface area contributed by atoms with Gasteiger partial charge in [-0.1, -0.05) is 41.5 Å². The summed E-state index contributed by atoms with van der Waals surface area (Å²) in [5, 5.41) is 12.4. The smallest absolute Gasteiger partial charge is 0.408 e. The van der Waals surface area contributed by atoms with Gasteiger partial charge in [0.25, 0.3) is 0 Å². The number of carbonyl (C=O) groups excluding carboxylic acids is 1. The Labute approximate surface area is 178 Å². The fourth-order valence-corrected chi connectivity index (χ4v) is 2.78. The van der Waals surface area contributed by atoms with Crippen LogP contribution in [0.4, 0.5) is 4.79 Å². The molecule has 4 nitrogen and oxygen atoms in total. The van der Waals surface area contributed by atoms with E-state index in [1.165, 1.54) is 16.7 Å². The number of alkyl carbamates (subject to hydrolysis) is 1. The number of carbonyl (C=O) groups is 1. The van der Waals surface area contributed by atoms with Crippen LogP contribution in [0.1, 0.15) is 93.4 Å². The summed E-state index contributed by atoms with van der Waals surface area (Å²) >= 11 is 0. The molecule has 0 aliphatic carbocycles. The third-order valence-electron chi connectivity index (χ3n) is 4.41. The van der Waals surface area contributed by atoms with Gasteiger partial charge in [0.1, 0.15) is 11.4 Å². The summed E-state index contributed by atoms with van der Waals surface area (Å²) in [6, 6.07) is -0.482. The SMILES string of the molecule is C=C(O)C(CCC/C=C(\C)CC/C=C(\C)CCC=C(C)C)NC(=O)OC(C)(C)C. The van der Waals surface area contributed by atoms with Crippen molar-refractivity contribution in [2.45, 2.75) is 105 Å². The van der Waals surface area contributed by atoms with Crippen molar-refractivity contribution in [2.24, 2.45) is 0 Å². The first-order valence-electron chi connectivity index (χ1n) is 10.7. The molecular weight excluding hydrogens is 362 g/mol. The minimum absolute atomic E-state index is 0.0368. The molecule has 1 atom stereocenters. The molecule has 0 fully saturated rings. The van der Waals surface area contributed by atoms with Crippen LogP contribution in [-0.4, -0.2) is 22.8 Å². The molecule has 0 aromatic rings. The maximum atomic E-state index is 11.9. The number of hydrogen-bond acceptors (Lipinski definition) is 3. The zero-order chi connectivity index (χ0) is 22.4. The van der Waals surface area contributed by atoms with Gasteiger partial charge in [0.05, 0.1) is 6.04 Å². The van der Waals surface area contributed by atoms with Crippen molar-refractivity contribution in [3.05, 3.63) is 47.3 Å². The summed E-state index contributed by atoms with van der Waals surface area (Å²) < 4.78 is 5.24. The second kappa shape index (κ2) is 14.1. The number of nitrogens with one attached hydrogen (secondary N) is 1. The van der Waals surface area contributed by atoms with Crippen LogP contribution >= 0.6 is 0 Å². The largest absolute Gasteiger partial charge is 0.511 e. The zero-order valence-electron chi connectivity index (χ0n) is 19.7. The van der Waals surface area contributed by atoms with Crippen LogP contribution in [0.15, 0.2) is 47.3 Å². The molecule has 1 unspecified atom stereocenters.